The third-order valence-corrected chi connectivity index (χ3v) is 3.80. The summed E-state index contributed by atoms with van der Waals surface area (Å²) in [6.07, 6.45) is 0.985. The fourth-order valence-electron chi connectivity index (χ4n) is 2.58. The highest BCUT2D eigenvalue weighted by Crippen LogP contribution is 2.24. The maximum atomic E-state index is 13.7. The van der Waals surface area contributed by atoms with Crippen molar-refractivity contribution in [1.82, 2.24) is 4.90 Å². The summed E-state index contributed by atoms with van der Waals surface area (Å²) in [6, 6.07) is 4.37. The summed E-state index contributed by atoms with van der Waals surface area (Å²) in [5.74, 6) is -0.791. The van der Waals surface area contributed by atoms with E-state index in [0.717, 1.165) is 0 Å². The van der Waals surface area contributed by atoms with E-state index in [1.54, 1.807) is 20.2 Å². The number of nitrogens with zero attached hydrogens (tertiary/aromatic N) is 1. The minimum Gasteiger partial charge on any atom is -0.388 e. The first-order chi connectivity index (χ1) is 9.97. The molecule has 0 atom stereocenters. The molecule has 21 heavy (non-hydrogen) atoms. The normalized spacial score (nSPS) is 17.3. The molecular formula is C15H21FN2O3. The van der Waals surface area contributed by atoms with Crippen LogP contribution < -0.4 is 5.32 Å². The van der Waals surface area contributed by atoms with Crippen molar-refractivity contribution in [1.29, 1.82) is 0 Å². The van der Waals surface area contributed by atoms with Gasteiger partial charge in [-0.2, -0.15) is 0 Å². The second kappa shape index (κ2) is 6.41. The number of aliphatic hydroxyl groups is 1. The highest BCUT2D eigenvalue weighted by molar-refractivity contribution is 5.99. The van der Waals surface area contributed by atoms with Crippen molar-refractivity contribution in [2.24, 2.45) is 0 Å². The van der Waals surface area contributed by atoms with Gasteiger partial charge >= 0.3 is 0 Å². The van der Waals surface area contributed by atoms with Gasteiger partial charge in [-0.1, -0.05) is 6.07 Å². The van der Waals surface area contributed by atoms with Crippen LogP contribution in [0.15, 0.2) is 18.2 Å². The lowest BCUT2D eigenvalue weighted by Crippen LogP contribution is -2.47. The van der Waals surface area contributed by atoms with Gasteiger partial charge in [0.1, 0.15) is 5.82 Å². The monoisotopic (exact) mass is 296 g/mol. The summed E-state index contributed by atoms with van der Waals surface area (Å²) in [6.45, 7) is 1.18. The van der Waals surface area contributed by atoms with Crippen LogP contribution in [0.4, 0.5) is 10.1 Å². The van der Waals surface area contributed by atoms with Gasteiger partial charge in [0, 0.05) is 46.7 Å². The lowest BCUT2D eigenvalue weighted by atomic mass is 9.93. The molecule has 1 aromatic rings. The molecule has 0 spiro atoms. The van der Waals surface area contributed by atoms with Crippen LogP contribution in [-0.4, -0.2) is 55.4 Å². The van der Waals surface area contributed by atoms with Crippen molar-refractivity contribution in [3.63, 3.8) is 0 Å². The van der Waals surface area contributed by atoms with E-state index < -0.39 is 11.4 Å². The molecule has 0 bridgehead atoms. The van der Waals surface area contributed by atoms with Crippen LogP contribution in [0.2, 0.25) is 0 Å². The number of anilines is 1. The van der Waals surface area contributed by atoms with Crippen LogP contribution in [0.3, 0.4) is 0 Å². The third kappa shape index (κ3) is 3.51. The van der Waals surface area contributed by atoms with E-state index in [1.165, 1.54) is 17.0 Å². The van der Waals surface area contributed by atoms with Gasteiger partial charge in [0.05, 0.1) is 16.9 Å². The number of carbonyl (C=O) groups is 1. The average molecular weight is 296 g/mol. The molecule has 1 saturated heterocycles. The zero-order valence-electron chi connectivity index (χ0n) is 12.4. The quantitative estimate of drug-likeness (QED) is 0.883. The number of amides is 1. The fraction of sp³-hybridized carbons (Fsp3) is 0.533. The number of halogens is 1. The number of hydrogen-bond donors (Lipinski definition) is 2. The first-order valence-corrected chi connectivity index (χ1v) is 6.99. The van der Waals surface area contributed by atoms with E-state index in [4.69, 9.17) is 4.74 Å². The molecule has 1 heterocycles. The van der Waals surface area contributed by atoms with E-state index in [9.17, 15) is 14.3 Å². The number of hydrogen-bond acceptors (Lipinski definition) is 4. The van der Waals surface area contributed by atoms with E-state index in [-0.39, 0.29) is 23.7 Å². The van der Waals surface area contributed by atoms with Gasteiger partial charge in [0.2, 0.25) is 0 Å². The van der Waals surface area contributed by atoms with Crippen molar-refractivity contribution >= 4 is 11.6 Å². The molecule has 0 unspecified atom stereocenters. The van der Waals surface area contributed by atoms with Gasteiger partial charge in [-0.3, -0.25) is 4.79 Å². The number of ether oxygens (including phenoxy) is 1. The van der Waals surface area contributed by atoms with Crippen LogP contribution in [0.1, 0.15) is 23.2 Å². The number of benzene rings is 1. The van der Waals surface area contributed by atoms with Gasteiger partial charge < -0.3 is 20.1 Å². The zero-order valence-corrected chi connectivity index (χ0v) is 12.4. The molecule has 5 nitrogen and oxygen atoms in total. The summed E-state index contributed by atoms with van der Waals surface area (Å²) in [4.78, 5) is 13.9. The van der Waals surface area contributed by atoms with Crippen LogP contribution in [0.25, 0.3) is 0 Å². The van der Waals surface area contributed by atoms with Gasteiger partial charge in [0.15, 0.2) is 0 Å². The molecular weight excluding hydrogens is 275 g/mol. The molecule has 0 radical (unpaired) electrons. The Balaban J connectivity index is 2.14. The van der Waals surface area contributed by atoms with Crippen LogP contribution in [-0.2, 0) is 4.74 Å². The number of likely N-dealkylation sites (N-methyl/N-ethyl adjacent to an activating group) is 1. The second-order valence-corrected chi connectivity index (χ2v) is 5.41. The Morgan fingerprint density at radius 1 is 1.48 bits per heavy atom. The van der Waals surface area contributed by atoms with Crippen molar-refractivity contribution in [3.8, 4) is 0 Å². The standard InChI is InChI=1S/C15H21FN2O3/c1-17-13-11(4-3-5-12(13)16)14(19)18(2)10-15(20)6-8-21-9-7-15/h3-5,17,20H,6-10H2,1-2H3. The summed E-state index contributed by atoms with van der Waals surface area (Å²) >= 11 is 0. The van der Waals surface area contributed by atoms with Gasteiger partial charge in [-0.05, 0) is 12.1 Å². The molecule has 1 aliphatic heterocycles. The zero-order chi connectivity index (χ0) is 15.5. The Hall–Kier alpha value is -1.66. The highest BCUT2D eigenvalue weighted by atomic mass is 19.1. The average Bonchev–Trinajstić information content (AvgIpc) is 2.46. The molecule has 0 aromatic heterocycles. The molecule has 0 aliphatic carbocycles. The minimum atomic E-state index is -0.935. The molecule has 1 fully saturated rings. The predicted octanol–water partition coefficient (Wildman–Crippen LogP) is 1.48. The smallest absolute Gasteiger partial charge is 0.255 e. The molecule has 0 saturated carbocycles. The summed E-state index contributed by atoms with van der Waals surface area (Å²) in [5, 5.41) is 13.2. The van der Waals surface area contributed by atoms with Crippen molar-refractivity contribution in [3.05, 3.63) is 29.6 Å². The Morgan fingerprint density at radius 3 is 2.76 bits per heavy atom. The highest BCUT2D eigenvalue weighted by Gasteiger charge is 2.33. The molecule has 1 aliphatic rings. The maximum Gasteiger partial charge on any atom is 0.255 e. The van der Waals surface area contributed by atoms with Crippen molar-refractivity contribution in [2.75, 3.05) is 39.2 Å². The molecule has 116 valence electrons. The SMILES string of the molecule is CNc1c(F)cccc1C(=O)N(C)CC1(O)CCOCC1. The minimum absolute atomic E-state index is 0.174. The second-order valence-electron chi connectivity index (χ2n) is 5.41. The Labute approximate surface area is 123 Å². The molecule has 1 amide bonds. The first-order valence-electron chi connectivity index (χ1n) is 6.99. The Bertz CT molecular complexity index is 516. The molecule has 1 aromatic carbocycles. The number of nitrogens with one attached hydrogen (secondary N) is 1. The van der Waals surface area contributed by atoms with E-state index in [1.807, 2.05) is 0 Å². The largest absolute Gasteiger partial charge is 0.388 e. The van der Waals surface area contributed by atoms with E-state index in [0.29, 0.717) is 26.1 Å². The number of para-hydroxylation sites is 1. The lowest BCUT2D eigenvalue weighted by Gasteiger charge is -2.35. The predicted molar refractivity (Wildman–Crippen MR) is 77.9 cm³/mol. The third-order valence-electron chi connectivity index (χ3n) is 3.80. The number of rotatable bonds is 4. The molecule has 2 N–H and O–H groups in total. The van der Waals surface area contributed by atoms with E-state index >= 15 is 0 Å². The van der Waals surface area contributed by atoms with Gasteiger partial charge in [0.25, 0.3) is 5.91 Å². The van der Waals surface area contributed by atoms with Crippen molar-refractivity contribution < 1.29 is 19.0 Å². The summed E-state index contributed by atoms with van der Waals surface area (Å²) in [5.41, 5.74) is -0.500. The number of carbonyl (C=O) groups excluding carboxylic acids is 1. The van der Waals surface area contributed by atoms with Crippen LogP contribution in [0.5, 0.6) is 0 Å². The summed E-state index contributed by atoms with van der Waals surface area (Å²) in [7, 11) is 3.18. The fourth-order valence-corrected chi connectivity index (χ4v) is 2.58. The van der Waals surface area contributed by atoms with Gasteiger partial charge in [-0.25, -0.2) is 4.39 Å². The maximum absolute atomic E-state index is 13.7. The molecule has 2 rings (SSSR count). The van der Waals surface area contributed by atoms with Gasteiger partial charge in [-0.15, -0.1) is 0 Å². The van der Waals surface area contributed by atoms with Crippen molar-refractivity contribution in [2.45, 2.75) is 18.4 Å². The first kappa shape index (κ1) is 15.7. The topological polar surface area (TPSA) is 61.8 Å². The Morgan fingerprint density at radius 2 is 2.14 bits per heavy atom. The molecule has 6 heteroatoms. The van der Waals surface area contributed by atoms with Crippen LogP contribution in [0, 0.1) is 5.82 Å². The lowest BCUT2D eigenvalue weighted by molar-refractivity contribution is -0.0734. The summed E-state index contributed by atoms with van der Waals surface area (Å²) < 4.78 is 18.9. The Kier molecular flexibility index (Phi) is 4.80. The van der Waals surface area contributed by atoms with E-state index in [2.05, 4.69) is 5.32 Å². The van der Waals surface area contributed by atoms with Crippen LogP contribution >= 0.6 is 0 Å².